The Morgan fingerprint density at radius 1 is 0.714 bits per heavy atom. The minimum atomic E-state index is -0.170. The zero-order valence-corrected chi connectivity index (χ0v) is 18.7. The molecule has 7 unspecified atom stereocenters. The van der Waals surface area contributed by atoms with E-state index in [1.54, 1.807) is 0 Å². The second kappa shape index (κ2) is 8.17. The van der Waals surface area contributed by atoms with Gasteiger partial charge in [0.05, 0.1) is 48.8 Å². The minimum Gasteiger partial charge on any atom is -0.375 e. The molecule has 4 heteroatoms. The first-order chi connectivity index (χ1) is 13.2. The van der Waals surface area contributed by atoms with E-state index in [0.29, 0.717) is 36.3 Å². The van der Waals surface area contributed by atoms with Crippen LogP contribution in [0.1, 0.15) is 86.0 Å². The van der Waals surface area contributed by atoms with Crippen LogP contribution in [0.25, 0.3) is 0 Å². The Hall–Kier alpha value is -0.160. The zero-order valence-electron chi connectivity index (χ0n) is 18.7. The maximum Gasteiger partial charge on any atom is 0.0845 e. The predicted octanol–water partition coefficient (Wildman–Crippen LogP) is 5.13. The lowest BCUT2D eigenvalue weighted by Gasteiger charge is -2.37. The molecule has 0 N–H and O–H groups in total. The molecule has 4 fully saturated rings. The molecular formula is C24H42O4. The Kier molecular flexibility index (Phi) is 6.15. The highest BCUT2D eigenvalue weighted by Gasteiger charge is 2.44. The van der Waals surface area contributed by atoms with Gasteiger partial charge in [-0.2, -0.15) is 0 Å². The Balaban J connectivity index is 1.20. The first-order valence-corrected chi connectivity index (χ1v) is 11.8. The van der Waals surface area contributed by atoms with Crippen LogP contribution >= 0.6 is 0 Å². The molecule has 2 saturated carbocycles. The van der Waals surface area contributed by atoms with E-state index in [1.807, 2.05) is 0 Å². The summed E-state index contributed by atoms with van der Waals surface area (Å²) in [5, 5.41) is 0. The van der Waals surface area contributed by atoms with E-state index in [1.165, 1.54) is 44.9 Å². The molecule has 2 aliphatic carbocycles. The third-order valence-corrected chi connectivity index (χ3v) is 7.25. The molecule has 0 spiro atoms. The molecule has 2 saturated heterocycles. The van der Waals surface area contributed by atoms with E-state index < -0.39 is 0 Å². The predicted molar refractivity (Wildman–Crippen MR) is 110 cm³/mol. The van der Waals surface area contributed by atoms with Gasteiger partial charge >= 0.3 is 0 Å². The summed E-state index contributed by atoms with van der Waals surface area (Å²) < 4.78 is 24.4. The summed E-state index contributed by atoms with van der Waals surface area (Å²) in [5.41, 5.74) is -0.335. The zero-order chi connectivity index (χ0) is 19.9. The van der Waals surface area contributed by atoms with Crippen molar-refractivity contribution in [3.05, 3.63) is 0 Å². The first kappa shape index (κ1) is 21.1. The summed E-state index contributed by atoms with van der Waals surface area (Å²) in [4.78, 5) is 0. The van der Waals surface area contributed by atoms with E-state index in [9.17, 15) is 0 Å². The molecule has 2 heterocycles. The average molecular weight is 395 g/mol. The van der Waals surface area contributed by atoms with Crippen LogP contribution in [0.3, 0.4) is 0 Å². The number of rotatable bonds is 8. The summed E-state index contributed by atoms with van der Waals surface area (Å²) in [6.45, 7) is 13.0. The Bertz CT molecular complexity index is 529. The third kappa shape index (κ3) is 5.93. The molecule has 2 aliphatic heterocycles. The summed E-state index contributed by atoms with van der Waals surface area (Å²) >= 11 is 0. The molecule has 4 aliphatic rings. The third-order valence-electron chi connectivity index (χ3n) is 7.25. The lowest BCUT2D eigenvalue weighted by molar-refractivity contribution is -0.115. The normalized spacial score (nSPS) is 40.8. The maximum absolute atomic E-state index is 6.46. The van der Waals surface area contributed by atoms with Crippen molar-refractivity contribution in [3.63, 3.8) is 0 Å². The molecule has 0 aromatic carbocycles. The van der Waals surface area contributed by atoms with Crippen molar-refractivity contribution >= 4 is 0 Å². The van der Waals surface area contributed by atoms with Crippen molar-refractivity contribution < 1.29 is 18.9 Å². The molecule has 0 amide bonds. The van der Waals surface area contributed by atoms with Gasteiger partial charge in [-0.05, 0) is 84.0 Å². The second-order valence-electron chi connectivity index (χ2n) is 11.5. The molecule has 28 heavy (non-hydrogen) atoms. The highest BCUT2D eigenvalue weighted by molar-refractivity contribution is 4.92. The fraction of sp³-hybridized carbons (Fsp3) is 1.00. The topological polar surface area (TPSA) is 43.5 Å². The maximum atomic E-state index is 6.46. The summed E-state index contributed by atoms with van der Waals surface area (Å²) in [6, 6.07) is 0. The van der Waals surface area contributed by atoms with Gasteiger partial charge in [0.1, 0.15) is 0 Å². The van der Waals surface area contributed by atoms with E-state index >= 15 is 0 Å². The lowest BCUT2D eigenvalue weighted by atomic mass is 9.90. The Labute approximate surface area is 172 Å². The quantitative estimate of drug-likeness (QED) is 0.535. The van der Waals surface area contributed by atoms with Crippen LogP contribution in [0, 0.1) is 17.8 Å². The summed E-state index contributed by atoms with van der Waals surface area (Å²) in [5.74, 6) is 2.04. The molecule has 0 radical (unpaired) electrons. The number of ether oxygens (including phenoxy) is 4. The number of epoxide rings is 2. The van der Waals surface area contributed by atoms with Gasteiger partial charge in [-0.3, -0.25) is 0 Å². The van der Waals surface area contributed by atoms with Gasteiger partial charge in [0.15, 0.2) is 0 Å². The highest BCUT2D eigenvalue weighted by atomic mass is 16.6. The van der Waals surface area contributed by atoms with Gasteiger partial charge < -0.3 is 18.9 Å². The fourth-order valence-corrected chi connectivity index (χ4v) is 5.88. The van der Waals surface area contributed by atoms with Gasteiger partial charge in [0.25, 0.3) is 0 Å². The average Bonchev–Trinajstić information content (AvgIpc) is 3.43. The Morgan fingerprint density at radius 3 is 2.04 bits per heavy atom. The number of hydrogen-bond donors (Lipinski definition) is 0. The van der Waals surface area contributed by atoms with Crippen LogP contribution in [-0.4, -0.2) is 48.8 Å². The van der Waals surface area contributed by atoms with Crippen LogP contribution in [0.2, 0.25) is 0 Å². The van der Waals surface area contributed by atoms with Crippen molar-refractivity contribution in [3.8, 4) is 0 Å². The molecular weight excluding hydrogens is 352 g/mol. The van der Waals surface area contributed by atoms with Gasteiger partial charge in [-0.1, -0.05) is 13.3 Å². The van der Waals surface area contributed by atoms with E-state index in [2.05, 4.69) is 34.6 Å². The van der Waals surface area contributed by atoms with Gasteiger partial charge in [-0.25, -0.2) is 0 Å². The van der Waals surface area contributed by atoms with E-state index in [4.69, 9.17) is 18.9 Å². The van der Waals surface area contributed by atoms with Gasteiger partial charge in [-0.15, -0.1) is 0 Å². The minimum absolute atomic E-state index is 0.166. The van der Waals surface area contributed by atoms with Crippen molar-refractivity contribution in [2.24, 2.45) is 17.8 Å². The van der Waals surface area contributed by atoms with Crippen LogP contribution < -0.4 is 0 Å². The number of fused-ring (bicyclic) bond motifs is 2. The van der Waals surface area contributed by atoms with Crippen LogP contribution in [0.5, 0.6) is 0 Å². The second-order valence-corrected chi connectivity index (χ2v) is 11.5. The van der Waals surface area contributed by atoms with Crippen molar-refractivity contribution in [1.82, 2.24) is 0 Å². The first-order valence-electron chi connectivity index (χ1n) is 11.8. The van der Waals surface area contributed by atoms with Crippen molar-refractivity contribution in [1.29, 1.82) is 0 Å². The fourth-order valence-electron chi connectivity index (χ4n) is 5.88. The standard InChI is InChI=1S/C24H42O4/c1-16-9-18(12-22-20(10-16)28-22)14-26-24(4,5)15-23(2,3)25-13-17-7-6-8-19-21(11-17)27-19/h16-22H,6-15H2,1-5H3. The van der Waals surface area contributed by atoms with Crippen LogP contribution in [-0.2, 0) is 18.9 Å². The largest absolute Gasteiger partial charge is 0.375 e. The molecule has 4 nitrogen and oxygen atoms in total. The van der Waals surface area contributed by atoms with Gasteiger partial charge in [0.2, 0.25) is 0 Å². The number of hydrogen-bond acceptors (Lipinski definition) is 4. The molecule has 4 rings (SSSR count). The summed E-state index contributed by atoms with van der Waals surface area (Å²) in [6.07, 6.45) is 11.8. The highest BCUT2D eigenvalue weighted by Crippen LogP contribution is 2.41. The van der Waals surface area contributed by atoms with Crippen LogP contribution in [0.4, 0.5) is 0 Å². The molecule has 0 aromatic heterocycles. The van der Waals surface area contributed by atoms with Crippen LogP contribution in [0.15, 0.2) is 0 Å². The Morgan fingerprint density at radius 2 is 1.29 bits per heavy atom. The molecule has 162 valence electrons. The molecule has 0 aromatic rings. The molecule has 7 atom stereocenters. The lowest BCUT2D eigenvalue weighted by Crippen LogP contribution is -2.39. The SMILES string of the molecule is CC1CC(COC(C)(C)CC(C)(C)OCC2CCCC3OC3C2)CC2OC2C1. The van der Waals surface area contributed by atoms with E-state index in [-0.39, 0.29) is 11.2 Å². The van der Waals surface area contributed by atoms with E-state index in [0.717, 1.165) is 25.6 Å². The monoisotopic (exact) mass is 394 g/mol. The van der Waals surface area contributed by atoms with Gasteiger partial charge in [0, 0.05) is 6.42 Å². The van der Waals surface area contributed by atoms with Crippen molar-refractivity contribution in [2.45, 2.75) is 122 Å². The molecule has 0 bridgehead atoms. The smallest absolute Gasteiger partial charge is 0.0845 e. The van der Waals surface area contributed by atoms with Crippen molar-refractivity contribution in [2.75, 3.05) is 13.2 Å². The summed E-state index contributed by atoms with van der Waals surface area (Å²) in [7, 11) is 0.